The molecule has 3 aliphatic rings. The molecule has 2 heterocycles. The summed E-state index contributed by atoms with van der Waals surface area (Å²) >= 11 is 0. The second kappa shape index (κ2) is 7.25. The van der Waals surface area contributed by atoms with E-state index in [0.29, 0.717) is 18.7 Å². The minimum atomic E-state index is -0.892. The molecule has 5 rings (SSSR count). The van der Waals surface area contributed by atoms with Crippen molar-refractivity contribution in [3.63, 3.8) is 0 Å². The van der Waals surface area contributed by atoms with Crippen LogP contribution in [-0.4, -0.2) is 53.0 Å². The summed E-state index contributed by atoms with van der Waals surface area (Å²) < 4.78 is 6.45. The number of fused-ring (bicyclic) bond motifs is 1. The van der Waals surface area contributed by atoms with Crippen molar-refractivity contribution < 1.29 is 33.8 Å². The first kappa shape index (κ1) is 20.6. The van der Waals surface area contributed by atoms with Gasteiger partial charge in [-0.25, -0.2) is 0 Å². The molecular weight excluding hydrogens is 359 g/mol. The molecule has 2 aromatic carbocycles. The molecule has 4 atom stereocenters. The molecule has 2 N–H and O–H groups in total. The van der Waals surface area contributed by atoms with E-state index in [1.54, 1.807) is 6.07 Å². The van der Waals surface area contributed by atoms with Crippen molar-refractivity contribution in [2.75, 3.05) is 20.1 Å². The van der Waals surface area contributed by atoms with Crippen LogP contribution in [-0.2, 0) is 5.41 Å². The number of phenols is 1. The average molecular weight is 386 g/mol. The summed E-state index contributed by atoms with van der Waals surface area (Å²) in [6.07, 6.45) is 1.96. The van der Waals surface area contributed by atoms with E-state index in [1.807, 2.05) is 36.4 Å². The topological polar surface area (TPSA) is 67.0 Å². The molecule has 1 saturated heterocycles. The average Bonchev–Trinajstić information content (AvgIpc) is 3.04. The number of rotatable bonds is 2. The fraction of sp³-hybridized carbons (Fsp3) is 0.478. The standard InChI is InChI=1S/C23H27N2O3.Li/c1-15-8-9-18(26)20-19(15)23-12-13-25(2)14-22(23,27)11-10-17(21(23)28-20)24-16-6-4-3-5-7-16;/h3-9,17,21,26-27H,10-14H2,1-2H3;/q-1;+1/t17-,21-,22+,23-;/m0./s1. The van der Waals surface area contributed by atoms with Gasteiger partial charge in [-0.2, -0.15) is 0 Å². The second-order valence-electron chi connectivity index (χ2n) is 8.71. The van der Waals surface area contributed by atoms with Gasteiger partial charge in [0.05, 0.1) is 17.1 Å². The van der Waals surface area contributed by atoms with E-state index in [1.165, 1.54) is 0 Å². The number of likely N-dealkylation sites (N-methyl/N-ethyl adjacent to an activating group) is 1. The molecule has 5 nitrogen and oxygen atoms in total. The third-order valence-electron chi connectivity index (χ3n) is 7.05. The largest absolute Gasteiger partial charge is 1.00 e. The maximum atomic E-state index is 11.9. The molecule has 1 saturated carbocycles. The van der Waals surface area contributed by atoms with Crippen LogP contribution in [0.2, 0.25) is 0 Å². The SMILES string of the molecule is Cc1ccc(O)c2c1[C@]13CCN(C)C[C@]1(O)CC[C@H]([N-]c1ccccc1)[C@@H]3O2.[Li+]. The number of aliphatic hydroxyl groups is 1. The predicted octanol–water partition coefficient (Wildman–Crippen LogP) is 0.638. The summed E-state index contributed by atoms with van der Waals surface area (Å²) in [6.45, 7) is 3.55. The molecule has 29 heavy (non-hydrogen) atoms. The number of para-hydroxylation sites is 1. The Morgan fingerprint density at radius 1 is 1.14 bits per heavy atom. The molecule has 0 aromatic heterocycles. The summed E-state index contributed by atoms with van der Waals surface area (Å²) in [7, 11) is 2.06. The molecule has 0 unspecified atom stereocenters. The van der Waals surface area contributed by atoms with E-state index in [0.717, 1.165) is 36.2 Å². The van der Waals surface area contributed by atoms with Crippen LogP contribution in [0.25, 0.3) is 5.32 Å². The van der Waals surface area contributed by atoms with E-state index in [9.17, 15) is 10.2 Å². The van der Waals surface area contributed by atoms with Gasteiger partial charge < -0.3 is 25.2 Å². The number of β-amino-alcohol motifs (C(OH)–C–C–N with tert-alkyl or cyclic N) is 1. The Bertz CT molecular complexity index is 908. The number of aromatic hydroxyl groups is 1. The fourth-order valence-corrected chi connectivity index (χ4v) is 5.83. The zero-order valence-corrected chi connectivity index (χ0v) is 17.4. The summed E-state index contributed by atoms with van der Waals surface area (Å²) in [6, 6.07) is 13.6. The van der Waals surface area contributed by atoms with Crippen molar-refractivity contribution in [2.24, 2.45) is 0 Å². The van der Waals surface area contributed by atoms with E-state index >= 15 is 0 Å². The van der Waals surface area contributed by atoms with Gasteiger partial charge >= 0.3 is 18.9 Å². The van der Waals surface area contributed by atoms with Crippen LogP contribution in [0.15, 0.2) is 42.5 Å². The normalized spacial score (nSPS) is 32.9. The van der Waals surface area contributed by atoms with Gasteiger partial charge in [0.2, 0.25) is 0 Å². The quantitative estimate of drug-likeness (QED) is 0.744. The summed E-state index contributed by atoms with van der Waals surface area (Å²) in [4.78, 5) is 2.20. The Morgan fingerprint density at radius 2 is 1.90 bits per heavy atom. The summed E-state index contributed by atoms with van der Waals surface area (Å²) in [5.74, 6) is 0.701. The maximum Gasteiger partial charge on any atom is 1.00 e. The smallest absolute Gasteiger partial charge is 0.679 e. The number of aryl methyl sites for hydroxylation is 1. The van der Waals surface area contributed by atoms with E-state index in [-0.39, 0.29) is 36.8 Å². The number of hydrogen-bond donors (Lipinski definition) is 2. The van der Waals surface area contributed by atoms with Crippen molar-refractivity contribution in [2.45, 2.75) is 49.3 Å². The number of nitrogens with zero attached hydrogens (tertiary/aromatic N) is 2. The third-order valence-corrected chi connectivity index (χ3v) is 7.05. The Labute approximate surface area is 184 Å². The maximum absolute atomic E-state index is 11.9. The summed E-state index contributed by atoms with van der Waals surface area (Å²) in [5, 5.41) is 27.5. The van der Waals surface area contributed by atoms with Crippen molar-refractivity contribution >= 4 is 5.69 Å². The number of ether oxygens (including phenoxy) is 1. The number of piperidine rings is 1. The van der Waals surface area contributed by atoms with E-state index in [2.05, 4.69) is 18.9 Å². The molecule has 6 heteroatoms. The molecule has 0 amide bonds. The number of likely N-dealkylation sites (tertiary alicyclic amines) is 1. The minimum Gasteiger partial charge on any atom is -0.679 e. The summed E-state index contributed by atoms with van der Waals surface area (Å²) in [5.41, 5.74) is 1.55. The molecule has 0 radical (unpaired) electrons. The monoisotopic (exact) mass is 386 g/mol. The molecule has 2 aliphatic heterocycles. The Balaban J connectivity index is 0.00000205. The zero-order valence-electron chi connectivity index (χ0n) is 17.4. The van der Waals surface area contributed by atoms with Gasteiger partial charge in [-0.05, 0) is 45.0 Å². The first-order valence-electron chi connectivity index (χ1n) is 10.1. The van der Waals surface area contributed by atoms with Gasteiger partial charge in [-0.15, -0.1) is 5.69 Å². The molecule has 2 fully saturated rings. The minimum absolute atomic E-state index is 0. The number of phenolic OH excluding ortho intramolecular Hbond substituents is 1. The van der Waals surface area contributed by atoms with Gasteiger partial charge in [0.1, 0.15) is 0 Å². The van der Waals surface area contributed by atoms with Crippen LogP contribution in [0, 0.1) is 6.92 Å². The fourth-order valence-electron chi connectivity index (χ4n) is 5.83. The van der Waals surface area contributed by atoms with E-state index < -0.39 is 11.0 Å². The first-order valence-corrected chi connectivity index (χ1v) is 10.1. The van der Waals surface area contributed by atoms with Crippen LogP contribution < -0.4 is 23.6 Å². The van der Waals surface area contributed by atoms with Gasteiger partial charge in [-0.3, -0.25) is 0 Å². The van der Waals surface area contributed by atoms with Crippen LogP contribution in [0.5, 0.6) is 11.5 Å². The molecule has 148 valence electrons. The van der Waals surface area contributed by atoms with E-state index in [4.69, 9.17) is 10.1 Å². The molecular formula is C23H27LiN2O3. The van der Waals surface area contributed by atoms with Crippen LogP contribution in [0.4, 0.5) is 5.69 Å². The number of benzene rings is 2. The first-order chi connectivity index (χ1) is 13.4. The third kappa shape index (κ3) is 2.91. The second-order valence-corrected chi connectivity index (χ2v) is 8.71. The van der Waals surface area contributed by atoms with Crippen molar-refractivity contribution in [1.29, 1.82) is 0 Å². The van der Waals surface area contributed by atoms with Gasteiger partial charge in [-0.1, -0.05) is 48.9 Å². The van der Waals surface area contributed by atoms with Crippen molar-refractivity contribution in [3.8, 4) is 11.5 Å². The van der Waals surface area contributed by atoms with Crippen molar-refractivity contribution in [3.05, 3.63) is 58.9 Å². The van der Waals surface area contributed by atoms with Crippen LogP contribution >= 0.6 is 0 Å². The van der Waals surface area contributed by atoms with Crippen LogP contribution in [0.3, 0.4) is 0 Å². The molecule has 1 spiro atoms. The van der Waals surface area contributed by atoms with Crippen molar-refractivity contribution in [1.82, 2.24) is 4.90 Å². The Morgan fingerprint density at radius 3 is 2.66 bits per heavy atom. The Kier molecular flexibility index (Phi) is 5.15. The predicted molar refractivity (Wildman–Crippen MR) is 108 cm³/mol. The zero-order chi connectivity index (χ0) is 19.5. The molecule has 1 aliphatic carbocycles. The van der Waals surface area contributed by atoms with Gasteiger partial charge in [0.15, 0.2) is 11.5 Å². The van der Waals surface area contributed by atoms with Gasteiger partial charge in [0.25, 0.3) is 0 Å². The van der Waals surface area contributed by atoms with Crippen LogP contribution in [0.1, 0.15) is 30.4 Å². The molecule has 0 bridgehead atoms. The van der Waals surface area contributed by atoms with Gasteiger partial charge in [0, 0.05) is 12.1 Å². The molecule has 2 aromatic rings. The number of hydrogen-bond acceptors (Lipinski definition) is 4. The Hall–Kier alpha value is -1.64.